The number of carbonyl (C=O) groups is 1. The van der Waals surface area contributed by atoms with Crippen LogP contribution in [0, 0.1) is 0 Å². The van der Waals surface area contributed by atoms with Crippen LogP contribution in [0.25, 0.3) is 11.6 Å². The van der Waals surface area contributed by atoms with Gasteiger partial charge in [0.25, 0.3) is 0 Å². The molecule has 0 aliphatic rings. The van der Waals surface area contributed by atoms with E-state index in [1.54, 1.807) is 30.0 Å². The van der Waals surface area contributed by atoms with Gasteiger partial charge in [0.05, 0.1) is 5.57 Å². The average molecular weight is 332 g/mol. The lowest BCUT2D eigenvalue weighted by molar-refractivity contribution is -0.130. The maximum atomic E-state index is 11.5. The number of carboxylic acids is 1. The first-order valence-electron chi connectivity index (χ1n) is 7.56. The van der Waals surface area contributed by atoms with E-state index in [0.29, 0.717) is 11.1 Å². The summed E-state index contributed by atoms with van der Waals surface area (Å²) in [6.45, 7) is 0. The van der Waals surface area contributed by atoms with Gasteiger partial charge in [0.1, 0.15) is 0 Å². The summed E-state index contributed by atoms with van der Waals surface area (Å²) in [5, 5.41) is 9.47. The highest BCUT2D eigenvalue weighted by Gasteiger charge is 2.09. The van der Waals surface area contributed by atoms with E-state index in [2.05, 4.69) is 12.1 Å². The summed E-state index contributed by atoms with van der Waals surface area (Å²) in [6, 6.07) is 27.2. The number of carboxylic acid groups (broad SMARTS) is 1. The predicted octanol–water partition coefficient (Wildman–Crippen LogP) is 5.46. The van der Waals surface area contributed by atoms with E-state index in [0.717, 1.165) is 10.5 Å². The van der Waals surface area contributed by atoms with Gasteiger partial charge in [-0.1, -0.05) is 72.4 Å². The zero-order chi connectivity index (χ0) is 16.8. The van der Waals surface area contributed by atoms with Crippen LogP contribution in [0.2, 0.25) is 0 Å². The van der Waals surface area contributed by atoms with Gasteiger partial charge in [0.2, 0.25) is 0 Å². The summed E-state index contributed by atoms with van der Waals surface area (Å²) in [7, 11) is 0. The molecular weight excluding hydrogens is 316 g/mol. The Hall–Kier alpha value is -2.78. The van der Waals surface area contributed by atoms with Crippen molar-refractivity contribution < 1.29 is 9.90 Å². The van der Waals surface area contributed by atoms with Crippen LogP contribution in [-0.2, 0) is 4.79 Å². The summed E-state index contributed by atoms with van der Waals surface area (Å²) < 4.78 is 0. The summed E-state index contributed by atoms with van der Waals surface area (Å²) in [5.41, 5.74) is 1.86. The third-order valence-electron chi connectivity index (χ3n) is 3.49. The lowest BCUT2D eigenvalue weighted by atomic mass is 10.0. The monoisotopic (exact) mass is 332 g/mol. The molecule has 0 bridgehead atoms. The van der Waals surface area contributed by atoms with E-state index in [4.69, 9.17) is 0 Å². The maximum Gasteiger partial charge on any atom is 0.336 e. The Morgan fingerprint density at radius 3 is 1.88 bits per heavy atom. The van der Waals surface area contributed by atoms with Crippen molar-refractivity contribution in [3.63, 3.8) is 0 Å². The molecule has 0 saturated carbocycles. The third kappa shape index (κ3) is 4.15. The number of hydrogen-bond donors (Lipinski definition) is 1. The first-order chi connectivity index (χ1) is 11.7. The molecule has 0 heterocycles. The lowest BCUT2D eigenvalue weighted by Crippen LogP contribution is -1.99. The third-order valence-corrected chi connectivity index (χ3v) is 4.50. The molecular formula is C21H16O2S. The van der Waals surface area contributed by atoms with Gasteiger partial charge in [-0.15, -0.1) is 0 Å². The fourth-order valence-electron chi connectivity index (χ4n) is 2.31. The van der Waals surface area contributed by atoms with Crippen molar-refractivity contribution in [2.24, 2.45) is 0 Å². The standard InChI is InChI=1S/C21H16O2S/c22-21(23)20(17-7-3-1-4-8-17)15-16-11-13-19(14-12-16)24-18-9-5-2-6-10-18/h1-15H,(H,22,23)/b20-15-. The van der Waals surface area contributed by atoms with E-state index >= 15 is 0 Å². The molecule has 0 aromatic heterocycles. The van der Waals surface area contributed by atoms with Crippen molar-refractivity contribution in [3.05, 3.63) is 96.1 Å². The zero-order valence-electron chi connectivity index (χ0n) is 12.9. The lowest BCUT2D eigenvalue weighted by Gasteiger charge is -2.05. The molecule has 3 heteroatoms. The number of hydrogen-bond acceptors (Lipinski definition) is 2. The second-order valence-electron chi connectivity index (χ2n) is 5.21. The van der Waals surface area contributed by atoms with Crippen LogP contribution in [0.4, 0.5) is 0 Å². The predicted molar refractivity (Wildman–Crippen MR) is 99.0 cm³/mol. The molecule has 3 aromatic rings. The Balaban J connectivity index is 1.83. The average Bonchev–Trinajstić information content (AvgIpc) is 2.62. The normalized spacial score (nSPS) is 11.2. The molecule has 1 N–H and O–H groups in total. The minimum atomic E-state index is -0.927. The zero-order valence-corrected chi connectivity index (χ0v) is 13.7. The molecule has 0 unspecified atom stereocenters. The summed E-state index contributed by atoms with van der Waals surface area (Å²) in [5.74, 6) is -0.927. The molecule has 3 aromatic carbocycles. The van der Waals surface area contributed by atoms with Crippen molar-refractivity contribution in [3.8, 4) is 0 Å². The molecule has 24 heavy (non-hydrogen) atoms. The molecule has 2 nitrogen and oxygen atoms in total. The topological polar surface area (TPSA) is 37.3 Å². The molecule has 0 spiro atoms. The van der Waals surface area contributed by atoms with Crippen LogP contribution < -0.4 is 0 Å². The van der Waals surface area contributed by atoms with Gasteiger partial charge in [0, 0.05) is 9.79 Å². The van der Waals surface area contributed by atoms with Gasteiger partial charge < -0.3 is 5.11 Å². The minimum Gasteiger partial charge on any atom is -0.478 e. The highest BCUT2D eigenvalue weighted by Crippen LogP contribution is 2.28. The van der Waals surface area contributed by atoms with Crippen LogP contribution in [-0.4, -0.2) is 11.1 Å². The van der Waals surface area contributed by atoms with Gasteiger partial charge >= 0.3 is 5.97 Å². The summed E-state index contributed by atoms with van der Waals surface area (Å²) in [4.78, 5) is 13.8. The van der Waals surface area contributed by atoms with Crippen LogP contribution >= 0.6 is 11.8 Å². The molecule has 118 valence electrons. The molecule has 0 atom stereocenters. The Kier molecular flexibility index (Phi) is 5.14. The molecule has 0 aliphatic heterocycles. The fourth-order valence-corrected chi connectivity index (χ4v) is 3.15. The summed E-state index contributed by atoms with van der Waals surface area (Å²) >= 11 is 1.68. The van der Waals surface area contributed by atoms with E-state index in [1.165, 1.54) is 4.90 Å². The first kappa shape index (κ1) is 16.1. The highest BCUT2D eigenvalue weighted by molar-refractivity contribution is 7.99. The van der Waals surface area contributed by atoms with Crippen LogP contribution in [0.15, 0.2) is 94.7 Å². The molecule has 0 fully saturated rings. The largest absolute Gasteiger partial charge is 0.478 e. The van der Waals surface area contributed by atoms with E-state index < -0.39 is 5.97 Å². The van der Waals surface area contributed by atoms with Gasteiger partial charge in [-0.3, -0.25) is 0 Å². The molecule has 0 radical (unpaired) electrons. The van der Waals surface area contributed by atoms with Crippen LogP contribution in [0.5, 0.6) is 0 Å². The Morgan fingerprint density at radius 2 is 1.29 bits per heavy atom. The van der Waals surface area contributed by atoms with Crippen molar-refractivity contribution in [1.29, 1.82) is 0 Å². The van der Waals surface area contributed by atoms with Crippen LogP contribution in [0.3, 0.4) is 0 Å². The van der Waals surface area contributed by atoms with Gasteiger partial charge in [-0.05, 0) is 41.5 Å². The smallest absolute Gasteiger partial charge is 0.336 e. The molecule has 0 amide bonds. The maximum absolute atomic E-state index is 11.5. The second kappa shape index (κ2) is 7.66. The SMILES string of the molecule is O=C(O)/C(=C\c1ccc(Sc2ccccc2)cc1)c1ccccc1. The first-order valence-corrected chi connectivity index (χ1v) is 8.37. The van der Waals surface area contributed by atoms with E-state index in [9.17, 15) is 9.90 Å². The second-order valence-corrected chi connectivity index (χ2v) is 6.36. The van der Waals surface area contributed by atoms with Crippen molar-refractivity contribution in [1.82, 2.24) is 0 Å². The van der Waals surface area contributed by atoms with Crippen molar-refractivity contribution in [2.45, 2.75) is 9.79 Å². The summed E-state index contributed by atoms with van der Waals surface area (Å²) in [6.07, 6.45) is 1.70. The number of benzene rings is 3. The Bertz CT molecular complexity index is 838. The van der Waals surface area contributed by atoms with E-state index in [-0.39, 0.29) is 0 Å². The fraction of sp³-hybridized carbons (Fsp3) is 0. The Labute approximate surface area is 145 Å². The quantitative estimate of drug-likeness (QED) is 0.498. The van der Waals surface area contributed by atoms with Gasteiger partial charge in [0.15, 0.2) is 0 Å². The molecule has 0 saturated heterocycles. The van der Waals surface area contributed by atoms with E-state index in [1.807, 2.05) is 60.7 Å². The minimum absolute atomic E-state index is 0.291. The number of aliphatic carboxylic acids is 1. The number of rotatable bonds is 5. The van der Waals surface area contributed by atoms with Gasteiger partial charge in [-0.25, -0.2) is 4.79 Å². The van der Waals surface area contributed by atoms with Crippen molar-refractivity contribution >= 4 is 29.4 Å². The molecule has 0 aliphatic carbocycles. The highest BCUT2D eigenvalue weighted by atomic mass is 32.2. The van der Waals surface area contributed by atoms with Crippen molar-refractivity contribution in [2.75, 3.05) is 0 Å². The molecule has 3 rings (SSSR count). The van der Waals surface area contributed by atoms with Crippen LogP contribution in [0.1, 0.15) is 11.1 Å². The van der Waals surface area contributed by atoms with Gasteiger partial charge in [-0.2, -0.15) is 0 Å². The Morgan fingerprint density at radius 1 is 0.750 bits per heavy atom.